The number of aliphatic hydroxyl groups excluding tert-OH is 1. The molecule has 35 heavy (non-hydrogen) atoms. The zero-order chi connectivity index (χ0) is 24.9. The molecule has 4 N–H and O–H groups in total. The highest BCUT2D eigenvalue weighted by Gasteiger charge is 2.33. The first kappa shape index (κ1) is 24.7. The van der Waals surface area contributed by atoms with Crippen molar-refractivity contribution in [2.45, 2.75) is 43.9 Å². The number of benzene rings is 2. The molecule has 2 amide bonds. The van der Waals surface area contributed by atoms with Crippen molar-refractivity contribution in [1.82, 2.24) is 10.6 Å². The Balaban J connectivity index is 1.35. The lowest BCUT2D eigenvalue weighted by Gasteiger charge is -2.32. The third kappa shape index (κ3) is 5.63. The standard InChI is InChI=1S/C26H30N2O7/c1-15(29)24(25(31)32)28-23(30)12-16-13-34-11-10-22(16)27-26(33)35-14-21-19-8-4-2-6-17(19)18-7-3-5-9-20(18)21/h2-9,15-16,21-22,24,29H,10-14H2,1H3,(H,27,33)(H,28,30)(H,31,32)/t15-,16?,22?,24+/m1/s1. The number of rotatable bonds is 8. The molecule has 2 aromatic carbocycles. The van der Waals surface area contributed by atoms with Crippen molar-refractivity contribution >= 4 is 18.0 Å². The molecule has 9 nitrogen and oxygen atoms in total. The second kappa shape index (κ2) is 10.9. The van der Waals surface area contributed by atoms with Gasteiger partial charge in [0, 0.05) is 30.9 Å². The average molecular weight is 483 g/mol. The van der Waals surface area contributed by atoms with Gasteiger partial charge in [-0.2, -0.15) is 0 Å². The number of hydrogen-bond acceptors (Lipinski definition) is 6. The van der Waals surface area contributed by atoms with Crippen molar-refractivity contribution in [3.05, 3.63) is 59.7 Å². The zero-order valence-corrected chi connectivity index (χ0v) is 19.5. The van der Waals surface area contributed by atoms with Gasteiger partial charge in [-0.3, -0.25) is 4.79 Å². The minimum absolute atomic E-state index is 0.0508. The topological polar surface area (TPSA) is 134 Å². The fourth-order valence-electron chi connectivity index (χ4n) is 4.84. The van der Waals surface area contributed by atoms with Gasteiger partial charge in [0.25, 0.3) is 0 Å². The van der Waals surface area contributed by atoms with Crippen LogP contribution in [0, 0.1) is 5.92 Å². The molecular formula is C26H30N2O7. The van der Waals surface area contributed by atoms with Crippen LogP contribution in [0.5, 0.6) is 0 Å². The average Bonchev–Trinajstić information content (AvgIpc) is 3.16. The van der Waals surface area contributed by atoms with E-state index in [4.69, 9.17) is 14.6 Å². The van der Waals surface area contributed by atoms with Crippen LogP contribution in [-0.4, -0.2) is 66.2 Å². The molecule has 0 saturated carbocycles. The van der Waals surface area contributed by atoms with E-state index in [-0.39, 0.29) is 37.5 Å². The van der Waals surface area contributed by atoms with Crippen LogP contribution in [0.15, 0.2) is 48.5 Å². The molecule has 1 heterocycles. The summed E-state index contributed by atoms with van der Waals surface area (Å²) in [5, 5.41) is 23.9. The highest BCUT2D eigenvalue weighted by Crippen LogP contribution is 2.44. The number of carboxylic acids is 1. The number of fused-ring (bicyclic) bond motifs is 3. The molecule has 0 spiro atoms. The summed E-state index contributed by atoms with van der Waals surface area (Å²) in [4.78, 5) is 36.3. The summed E-state index contributed by atoms with van der Waals surface area (Å²) in [6, 6.07) is 14.4. The van der Waals surface area contributed by atoms with Gasteiger partial charge in [-0.25, -0.2) is 9.59 Å². The van der Waals surface area contributed by atoms with Gasteiger partial charge in [0.15, 0.2) is 6.04 Å². The Morgan fingerprint density at radius 1 is 1.09 bits per heavy atom. The van der Waals surface area contributed by atoms with Gasteiger partial charge in [-0.1, -0.05) is 48.5 Å². The Morgan fingerprint density at radius 2 is 1.71 bits per heavy atom. The summed E-state index contributed by atoms with van der Waals surface area (Å²) in [6.07, 6.45) is -1.36. The monoisotopic (exact) mass is 482 g/mol. The van der Waals surface area contributed by atoms with E-state index >= 15 is 0 Å². The Kier molecular flexibility index (Phi) is 7.67. The molecule has 9 heteroatoms. The fourth-order valence-corrected chi connectivity index (χ4v) is 4.84. The number of aliphatic hydroxyl groups is 1. The second-order valence-corrected chi connectivity index (χ2v) is 9.03. The minimum Gasteiger partial charge on any atom is -0.480 e. The van der Waals surface area contributed by atoms with Crippen molar-refractivity contribution in [2.75, 3.05) is 19.8 Å². The van der Waals surface area contributed by atoms with Crippen molar-refractivity contribution in [1.29, 1.82) is 0 Å². The molecule has 1 saturated heterocycles. The number of carbonyl (C=O) groups excluding carboxylic acids is 2. The fraction of sp³-hybridized carbons (Fsp3) is 0.423. The SMILES string of the molecule is C[C@@H](O)[C@H](NC(=O)CC1COCCC1NC(=O)OCC1c2ccccc2-c2ccccc21)C(=O)O. The Bertz CT molecular complexity index is 1040. The second-order valence-electron chi connectivity index (χ2n) is 9.03. The summed E-state index contributed by atoms with van der Waals surface area (Å²) in [7, 11) is 0. The Hall–Kier alpha value is -3.43. The van der Waals surface area contributed by atoms with Gasteiger partial charge in [-0.05, 0) is 35.6 Å². The van der Waals surface area contributed by atoms with E-state index in [0.717, 1.165) is 22.3 Å². The maximum absolute atomic E-state index is 12.7. The maximum Gasteiger partial charge on any atom is 0.407 e. The van der Waals surface area contributed by atoms with Crippen LogP contribution in [-0.2, 0) is 19.1 Å². The molecule has 4 atom stereocenters. The lowest BCUT2D eigenvalue weighted by molar-refractivity contribution is -0.145. The summed E-state index contributed by atoms with van der Waals surface area (Å²) < 4.78 is 11.1. The number of carboxylic acid groups (broad SMARTS) is 1. The maximum atomic E-state index is 12.7. The first-order chi connectivity index (χ1) is 16.8. The summed E-state index contributed by atoms with van der Waals surface area (Å²) >= 11 is 0. The van der Waals surface area contributed by atoms with Crippen LogP contribution in [0.2, 0.25) is 0 Å². The molecular weight excluding hydrogens is 452 g/mol. The molecule has 0 aromatic heterocycles. The molecule has 2 unspecified atom stereocenters. The van der Waals surface area contributed by atoms with Gasteiger partial charge in [0.2, 0.25) is 5.91 Å². The van der Waals surface area contributed by atoms with Gasteiger partial charge >= 0.3 is 12.1 Å². The molecule has 1 aliphatic carbocycles. The Labute approximate surface area is 203 Å². The molecule has 0 bridgehead atoms. The normalized spacial score (nSPS) is 20.7. The molecule has 0 radical (unpaired) electrons. The van der Waals surface area contributed by atoms with Crippen LogP contribution in [0.25, 0.3) is 11.1 Å². The number of hydrogen-bond donors (Lipinski definition) is 4. The number of amides is 2. The molecule has 1 aliphatic heterocycles. The molecule has 2 aliphatic rings. The van der Waals surface area contributed by atoms with Gasteiger partial charge < -0.3 is 30.3 Å². The quantitative estimate of drug-likeness (QED) is 0.453. The van der Waals surface area contributed by atoms with E-state index in [1.165, 1.54) is 6.92 Å². The summed E-state index contributed by atoms with van der Waals surface area (Å²) in [5.41, 5.74) is 4.52. The lowest BCUT2D eigenvalue weighted by atomic mass is 9.92. The highest BCUT2D eigenvalue weighted by molar-refractivity contribution is 5.84. The Morgan fingerprint density at radius 3 is 2.31 bits per heavy atom. The van der Waals surface area contributed by atoms with Crippen LogP contribution < -0.4 is 10.6 Å². The van der Waals surface area contributed by atoms with E-state index in [0.29, 0.717) is 13.0 Å². The first-order valence-corrected chi connectivity index (χ1v) is 11.7. The van der Waals surface area contributed by atoms with Crippen molar-refractivity contribution in [3.63, 3.8) is 0 Å². The first-order valence-electron chi connectivity index (χ1n) is 11.7. The highest BCUT2D eigenvalue weighted by atomic mass is 16.5. The summed E-state index contributed by atoms with van der Waals surface area (Å²) in [6.45, 7) is 2.15. The molecule has 1 fully saturated rings. The van der Waals surface area contributed by atoms with Gasteiger partial charge in [0.05, 0.1) is 12.7 Å². The summed E-state index contributed by atoms with van der Waals surface area (Å²) in [5.74, 6) is -2.26. The third-order valence-electron chi connectivity index (χ3n) is 6.63. The number of carbonyl (C=O) groups is 3. The third-order valence-corrected chi connectivity index (χ3v) is 6.63. The van der Waals surface area contributed by atoms with E-state index in [2.05, 4.69) is 22.8 Å². The van der Waals surface area contributed by atoms with Crippen molar-refractivity contribution in [3.8, 4) is 11.1 Å². The van der Waals surface area contributed by atoms with Gasteiger partial charge in [-0.15, -0.1) is 0 Å². The number of nitrogens with one attached hydrogen (secondary N) is 2. The van der Waals surface area contributed by atoms with Crippen LogP contribution in [0.1, 0.15) is 36.8 Å². The zero-order valence-electron chi connectivity index (χ0n) is 19.5. The largest absolute Gasteiger partial charge is 0.480 e. The molecule has 186 valence electrons. The van der Waals surface area contributed by atoms with E-state index < -0.39 is 30.1 Å². The van der Waals surface area contributed by atoms with Gasteiger partial charge in [0.1, 0.15) is 6.61 Å². The van der Waals surface area contributed by atoms with E-state index in [9.17, 15) is 19.5 Å². The van der Waals surface area contributed by atoms with E-state index in [1.54, 1.807) is 0 Å². The lowest BCUT2D eigenvalue weighted by Crippen LogP contribution is -2.51. The predicted octanol–water partition coefficient (Wildman–Crippen LogP) is 2.27. The minimum atomic E-state index is -1.40. The molecule has 4 rings (SSSR count). The number of aliphatic carboxylic acids is 1. The van der Waals surface area contributed by atoms with E-state index in [1.807, 2.05) is 36.4 Å². The molecule has 2 aromatic rings. The number of alkyl carbamates (subject to hydrolysis) is 1. The predicted molar refractivity (Wildman–Crippen MR) is 127 cm³/mol. The number of ether oxygens (including phenoxy) is 2. The van der Waals surface area contributed by atoms with Crippen molar-refractivity contribution < 1.29 is 34.1 Å². The van der Waals surface area contributed by atoms with Crippen LogP contribution in [0.3, 0.4) is 0 Å². The smallest absolute Gasteiger partial charge is 0.407 e. The van der Waals surface area contributed by atoms with Crippen molar-refractivity contribution in [2.24, 2.45) is 5.92 Å². The van der Waals surface area contributed by atoms with Crippen LogP contribution in [0.4, 0.5) is 4.79 Å². The van der Waals surface area contributed by atoms with Crippen LogP contribution >= 0.6 is 0 Å².